The van der Waals surface area contributed by atoms with E-state index in [9.17, 15) is 9.59 Å². The van der Waals surface area contributed by atoms with Crippen molar-refractivity contribution >= 4 is 35.2 Å². The Morgan fingerprint density at radius 3 is 2.82 bits per heavy atom. The van der Waals surface area contributed by atoms with Gasteiger partial charge in [-0.3, -0.25) is 9.20 Å². The van der Waals surface area contributed by atoms with Crippen molar-refractivity contribution in [2.24, 2.45) is 0 Å². The van der Waals surface area contributed by atoms with Crippen LogP contribution in [0.15, 0.2) is 54.7 Å². The fourth-order valence-electron chi connectivity index (χ4n) is 2.56. The minimum Gasteiger partial charge on any atom is -0.496 e. The summed E-state index contributed by atoms with van der Waals surface area (Å²) in [5, 5.41) is 2.94. The Bertz CT molecular complexity index is 1030. The molecule has 144 valence electrons. The minimum absolute atomic E-state index is 0.268. The van der Waals surface area contributed by atoms with Crippen LogP contribution in [0.25, 0.3) is 11.7 Å². The smallest absolute Gasteiger partial charge is 0.331 e. The molecule has 28 heavy (non-hydrogen) atoms. The third-order valence-corrected chi connectivity index (χ3v) is 4.19. The lowest BCUT2D eigenvalue weighted by atomic mass is 10.2. The lowest BCUT2D eigenvalue weighted by Crippen LogP contribution is -2.28. The number of nitrogens with one attached hydrogen (secondary N) is 1. The SMILES string of the molecule is COc1ccccc1CNC(=O)COC(=O)/C=C/c1c(Cl)nc2ccccn12. The maximum atomic E-state index is 11.9. The number of methoxy groups -OCH3 is 1. The average Bonchev–Trinajstić information content (AvgIpc) is 3.04. The first-order chi connectivity index (χ1) is 13.6. The third kappa shape index (κ3) is 4.69. The van der Waals surface area contributed by atoms with Gasteiger partial charge in [-0.15, -0.1) is 0 Å². The highest BCUT2D eigenvalue weighted by molar-refractivity contribution is 6.31. The Hall–Kier alpha value is -3.32. The molecule has 0 fully saturated rings. The highest BCUT2D eigenvalue weighted by Gasteiger charge is 2.09. The van der Waals surface area contributed by atoms with Crippen molar-refractivity contribution in [1.82, 2.24) is 14.7 Å². The number of amides is 1. The first kappa shape index (κ1) is 19.4. The van der Waals surface area contributed by atoms with Crippen molar-refractivity contribution in [3.8, 4) is 5.75 Å². The summed E-state index contributed by atoms with van der Waals surface area (Å²) in [5.41, 5.74) is 2.04. The number of para-hydroxylation sites is 1. The second-order valence-electron chi connectivity index (χ2n) is 5.75. The molecule has 0 radical (unpaired) electrons. The number of esters is 1. The number of nitrogens with zero attached hydrogens (tertiary/aromatic N) is 2. The van der Waals surface area contributed by atoms with Gasteiger partial charge in [0.15, 0.2) is 11.8 Å². The van der Waals surface area contributed by atoms with Gasteiger partial charge in [-0.25, -0.2) is 9.78 Å². The van der Waals surface area contributed by atoms with E-state index in [-0.39, 0.29) is 18.3 Å². The molecular weight excluding hydrogens is 382 g/mol. The number of halogens is 1. The third-order valence-electron chi connectivity index (χ3n) is 3.91. The lowest BCUT2D eigenvalue weighted by molar-refractivity contribution is -0.143. The number of rotatable bonds is 7. The van der Waals surface area contributed by atoms with Crippen molar-refractivity contribution < 1.29 is 19.1 Å². The standard InChI is InChI=1S/C20H18ClN3O4/c1-27-16-7-3-2-6-14(16)12-22-18(25)13-28-19(26)10-9-15-20(21)23-17-8-4-5-11-24(15)17/h2-11H,12-13H2,1H3,(H,22,25)/b10-9+. The predicted molar refractivity (Wildman–Crippen MR) is 105 cm³/mol. The van der Waals surface area contributed by atoms with Crippen LogP contribution in [0.1, 0.15) is 11.3 Å². The quantitative estimate of drug-likeness (QED) is 0.488. The highest BCUT2D eigenvalue weighted by Crippen LogP contribution is 2.19. The van der Waals surface area contributed by atoms with Gasteiger partial charge in [0.1, 0.15) is 11.4 Å². The Balaban J connectivity index is 1.51. The van der Waals surface area contributed by atoms with Crippen LogP contribution in [0.3, 0.4) is 0 Å². The molecule has 0 aliphatic rings. The summed E-state index contributed by atoms with van der Waals surface area (Å²) in [6, 6.07) is 12.8. The largest absolute Gasteiger partial charge is 0.496 e. The van der Waals surface area contributed by atoms with Gasteiger partial charge in [-0.05, 0) is 24.3 Å². The molecule has 2 aromatic heterocycles. The Morgan fingerprint density at radius 2 is 2.00 bits per heavy atom. The average molecular weight is 400 g/mol. The normalized spacial score (nSPS) is 10.9. The number of carbonyl (C=O) groups excluding carboxylic acids is 2. The summed E-state index contributed by atoms with van der Waals surface area (Å²) >= 11 is 6.09. The van der Waals surface area contributed by atoms with Crippen LogP contribution in [0.5, 0.6) is 5.75 Å². The van der Waals surface area contributed by atoms with Crippen LogP contribution in [0.2, 0.25) is 5.15 Å². The van der Waals surface area contributed by atoms with E-state index in [1.807, 2.05) is 30.3 Å². The lowest BCUT2D eigenvalue weighted by Gasteiger charge is -2.09. The van der Waals surface area contributed by atoms with Gasteiger partial charge in [-0.1, -0.05) is 35.9 Å². The second kappa shape index (κ2) is 9.05. The summed E-state index contributed by atoms with van der Waals surface area (Å²) in [6.45, 7) is -0.118. The van der Waals surface area contributed by atoms with E-state index in [4.69, 9.17) is 21.1 Å². The molecule has 0 bridgehead atoms. The zero-order valence-corrected chi connectivity index (χ0v) is 15.8. The molecule has 1 amide bonds. The Kier molecular flexibility index (Phi) is 6.29. The molecule has 0 saturated heterocycles. The number of benzene rings is 1. The summed E-state index contributed by atoms with van der Waals surface area (Å²) in [5.74, 6) is -0.400. The van der Waals surface area contributed by atoms with E-state index >= 15 is 0 Å². The number of hydrogen-bond acceptors (Lipinski definition) is 5. The van der Waals surface area contributed by atoms with Crippen molar-refractivity contribution in [2.45, 2.75) is 6.54 Å². The fourth-order valence-corrected chi connectivity index (χ4v) is 2.80. The number of aromatic nitrogens is 2. The summed E-state index contributed by atoms with van der Waals surface area (Å²) in [4.78, 5) is 28.0. The van der Waals surface area contributed by atoms with Crippen LogP contribution in [0.4, 0.5) is 0 Å². The van der Waals surface area contributed by atoms with E-state index in [0.717, 1.165) is 5.56 Å². The molecule has 0 aliphatic carbocycles. The predicted octanol–water partition coefficient (Wildman–Crippen LogP) is 2.87. The molecule has 0 spiro atoms. The van der Waals surface area contributed by atoms with Crippen molar-refractivity contribution in [2.75, 3.05) is 13.7 Å². The molecule has 0 unspecified atom stereocenters. The molecule has 7 nitrogen and oxygen atoms in total. The topological polar surface area (TPSA) is 81.9 Å². The number of pyridine rings is 1. The summed E-state index contributed by atoms with van der Waals surface area (Å²) in [7, 11) is 1.56. The van der Waals surface area contributed by atoms with E-state index in [1.165, 1.54) is 12.2 Å². The number of imidazole rings is 1. The fraction of sp³-hybridized carbons (Fsp3) is 0.150. The van der Waals surface area contributed by atoms with Crippen LogP contribution < -0.4 is 10.1 Å². The van der Waals surface area contributed by atoms with Gasteiger partial charge in [0.05, 0.1) is 12.8 Å². The number of ether oxygens (including phenoxy) is 2. The summed E-state index contributed by atoms with van der Waals surface area (Å²) < 4.78 is 11.9. The van der Waals surface area contributed by atoms with E-state index < -0.39 is 11.9 Å². The Morgan fingerprint density at radius 1 is 1.21 bits per heavy atom. The molecular formula is C20H18ClN3O4. The molecule has 3 aromatic rings. The zero-order chi connectivity index (χ0) is 19.9. The number of fused-ring (bicyclic) bond motifs is 1. The molecule has 2 heterocycles. The van der Waals surface area contributed by atoms with E-state index in [0.29, 0.717) is 17.1 Å². The first-order valence-electron chi connectivity index (χ1n) is 8.44. The highest BCUT2D eigenvalue weighted by atomic mass is 35.5. The van der Waals surface area contributed by atoms with Crippen LogP contribution in [0, 0.1) is 0 Å². The van der Waals surface area contributed by atoms with Crippen LogP contribution in [-0.4, -0.2) is 35.0 Å². The Labute approximate surface area is 166 Å². The second-order valence-corrected chi connectivity index (χ2v) is 6.10. The molecule has 0 aliphatic heterocycles. The number of carbonyl (C=O) groups is 2. The van der Waals surface area contributed by atoms with Crippen molar-refractivity contribution in [3.63, 3.8) is 0 Å². The van der Waals surface area contributed by atoms with Gasteiger partial charge in [0.25, 0.3) is 5.91 Å². The molecule has 3 rings (SSSR count). The molecule has 8 heteroatoms. The van der Waals surface area contributed by atoms with Crippen molar-refractivity contribution in [1.29, 1.82) is 0 Å². The maximum Gasteiger partial charge on any atom is 0.331 e. The maximum absolute atomic E-state index is 11.9. The number of hydrogen-bond donors (Lipinski definition) is 1. The van der Waals surface area contributed by atoms with Gasteiger partial charge < -0.3 is 14.8 Å². The first-order valence-corrected chi connectivity index (χ1v) is 8.82. The molecule has 0 saturated carbocycles. The molecule has 0 atom stereocenters. The van der Waals surface area contributed by atoms with E-state index in [2.05, 4.69) is 10.3 Å². The summed E-state index contributed by atoms with van der Waals surface area (Å²) in [6.07, 6.45) is 4.48. The van der Waals surface area contributed by atoms with Crippen LogP contribution in [-0.2, 0) is 20.9 Å². The minimum atomic E-state index is -0.658. The van der Waals surface area contributed by atoms with E-state index in [1.54, 1.807) is 29.8 Å². The molecule has 1 aromatic carbocycles. The van der Waals surface area contributed by atoms with Gasteiger partial charge >= 0.3 is 5.97 Å². The zero-order valence-electron chi connectivity index (χ0n) is 15.1. The van der Waals surface area contributed by atoms with Gasteiger partial charge in [-0.2, -0.15) is 0 Å². The monoisotopic (exact) mass is 399 g/mol. The van der Waals surface area contributed by atoms with Crippen molar-refractivity contribution in [3.05, 3.63) is 71.1 Å². The molecule has 1 N–H and O–H groups in total. The van der Waals surface area contributed by atoms with Gasteiger partial charge in [0, 0.05) is 24.4 Å². The van der Waals surface area contributed by atoms with Gasteiger partial charge in [0.2, 0.25) is 0 Å². The van der Waals surface area contributed by atoms with Crippen LogP contribution >= 0.6 is 11.6 Å².